The fourth-order valence-electron chi connectivity index (χ4n) is 1.80. The summed E-state index contributed by atoms with van der Waals surface area (Å²) in [4.78, 5) is 11.4. The Morgan fingerprint density at radius 3 is 2.74 bits per heavy atom. The summed E-state index contributed by atoms with van der Waals surface area (Å²) < 4.78 is 1.89. The first kappa shape index (κ1) is 16.0. The van der Waals surface area contributed by atoms with Crippen molar-refractivity contribution in [3.05, 3.63) is 16.4 Å². The molecule has 0 saturated carbocycles. The van der Waals surface area contributed by atoms with Crippen molar-refractivity contribution in [2.24, 2.45) is 0 Å². The standard InChI is InChI=1S/C13H23ClN4O/c1-4-7-16-12(19)6-8-15-9-11-13(14)10(3)17-18(11)5-2/h15H,4-9H2,1-3H3,(H,16,19). The number of carbonyl (C=O) groups is 1. The molecule has 1 rings (SSSR count). The van der Waals surface area contributed by atoms with Gasteiger partial charge in [0.2, 0.25) is 5.91 Å². The highest BCUT2D eigenvalue weighted by molar-refractivity contribution is 6.31. The van der Waals surface area contributed by atoms with Crippen molar-refractivity contribution in [2.75, 3.05) is 13.1 Å². The Kier molecular flexibility index (Phi) is 6.87. The van der Waals surface area contributed by atoms with E-state index in [9.17, 15) is 4.79 Å². The second kappa shape index (κ2) is 8.17. The predicted octanol–water partition coefficient (Wildman–Crippen LogP) is 1.87. The molecule has 108 valence electrons. The Labute approximate surface area is 119 Å². The molecule has 0 bridgehead atoms. The number of aromatic nitrogens is 2. The maximum absolute atomic E-state index is 11.4. The van der Waals surface area contributed by atoms with Crippen molar-refractivity contribution in [1.29, 1.82) is 0 Å². The van der Waals surface area contributed by atoms with E-state index in [0.29, 0.717) is 24.5 Å². The molecule has 0 aromatic carbocycles. The zero-order valence-electron chi connectivity index (χ0n) is 11.9. The fourth-order valence-corrected chi connectivity index (χ4v) is 2.00. The van der Waals surface area contributed by atoms with Crippen LogP contribution in [0, 0.1) is 6.92 Å². The highest BCUT2D eigenvalue weighted by Crippen LogP contribution is 2.19. The van der Waals surface area contributed by atoms with Gasteiger partial charge in [0, 0.05) is 32.6 Å². The van der Waals surface area contributed by atoms with Gasteiger partial charge in [0.15, 0.2) is 0 Å². The Bertz CT molecular complexity index is 417. The number of rotatable bonds is 8. The van der Waals surface area contributed by atoms with E-state index in [1.807, 2.05) is 25.5 Å². The summed E-state index contributed by atoms with van der Waals surface area (Å²) in [7, 11) is 0. The monoisotopic (exact) mass is 286 g/mol. The number of aryl methyl sites for hydroxylation is 2. The maximum Gasteiger partial charge on any atom is 0.221 e. The van der Waals surface area contributed by atoms with Gasteiger partial charge in [-0.3, -0.25) is 9.48 Å². The minimum absolute atomic E-state index is 0.0839. The second-order valence-corrected chi connectivity index (χ2v) is 4.82. The van der Waals surface area contributed by atoms with Gasteiger partial charge in [-0.1, -0.05) is 18.5 Å². The minimum atomic E-state index is 0.0839. The Morgan fingerprint density at radius 2 is 2.11 bits per heavy atom. The van der Waals surface area contributed by atoms with E-state index in [4.69, 9.17) is 11.6 Å². The molecule has 0 unspecified atom stereocenters. The third-order valence-corrected chi connectivity index (χ3v) is 3.34. The van der Waals surface area contributed by atoms with Gasteiger partial charge in [-0.05, 0) is 20.3 Å². The van der Waals surface area contributed by atoms with Crippen molar-refractivity contribution in [3.63, 3.8) is 0 Å². The van der Waals surface area contributed by atoms with Crippen LogP contribution in [0.5, 0.6) is 0 Å². The van der Waals surface area contributed by atoms with Crippen molar-refractivity contribution >= 4 is 17.5 Å². The molecular weight excluding hydrogens is 264 g/mol. The summed E-state index contributed by atoms with van der Waals surface area (Å²) in [5, 5.41) is 11.1. The Hall–Kier alpha value is -1.07. The maximum atomic E-state index is 11.4. The lowest BCUT2D eigenvalue weighted by Gasteiger charge is -2.07. The minimum Gasteiger partial charge on any atom is -0.356 e. The van der Waals surface area contributed by atoms with Crippen LogP contribution in [0.4, 0.5) is 0 Å². The fraction of sp³-hybridized carbons (Fsp3) is 0.692. The molecule has 0 saturated heterocycles. The molecule has 0 atom stereocenters. The van der Waals surface area contributed by atoms with Gasteiger partial charge in [0.25, 0.3) is 0 Å². The lowest BCUT2D eigenvalue weighted by Crippen LogP contribution is -2.28. The van der Waals surface area contributed by atoms with E-state index < -0.39 is 0 Å². The number of hydrogen-bond donors (Lipinski definition) is 2. The Morgan fingerprint density at radius 1 is 1.37 bits per heavy atom. The molecule has 0 radical (unpaired) electrons. The van der Waals surface area contributed by atoms with Gasteiger partial charge in [-0.15, -0.1) is 0 Å². The lowest BCUT2D eigenvalue weighted by molar-refractivity contribution is -0.120. The molecular formula is C13H23ClN4O. The summed E-state index contributed by atoms with van der Waals surface area (Å²) in [6.45, 7) is 8.78. The topological polar surface area (TPSA) is 59.0 Å². The zero-order chi connectivity index (χ0) is 14.3. The van der Waals surface area contributed by atoms with Gasteiger partial charge in [0.05, 0.1) is 16.4 Å². The molecule has 0 aliphatic rings. The number of halogens is 1. The lowest BCUT2D eigenvalue weighted by atomic mass is 10.3. The second-order valence-electron chi connectivity index (χ2n) is 4.44. The van der Waals surface area contributed by atoms with E-state index >= 15 is 0 Å². The van der Waals surface area contributed by atoms with Crippen LogP contribution >= 0.6 is 11.6 Å². The first-order valence-electron chi connectivity index (χ1n) is 6.79. The largest absolute Gasteiger partial charge is 0.356 e. The smallest absolute Gasteiger partial charge is 0.221 e. The third kappa shape index (κ3) is 4.84. The van der Waals surface area contributed by atoms with Crippen molar-refractivity contribution < 1.29 is 4.79 Å². The normalized spacial score (nSPS) is 10.7. The van der Waals surface area contributed by atoms with Crippen LogP contribution in [-0.2, 0) is 17.9 Å². The van der Waals surface area contributed by atoms with Crippen LogP contribution in [0.15, 0.2) is 0 Å². The van der Waals surface area contributed by atoms with Crippen LogP contribution in [0.2, 0.25) is 5.02 Å². The molecule has 1 amide bonds. The first-order valence-corrected chi connectivity index (χ1v) is 7.17. The summed E-state index contributed by atoms with van der Waals surface area (Å²) in [5.41, 5.74) is 1.83. The van der Waals surface area contributed by atoms with Crippen molar-refractivity contribution in [1.82, 2.24) is 20.4 Å². The van der Waals surface area contributed by atoms with Crippen molar-refractivity contribution in [3.8, 4) is 0 Å². The van der Waals surface area contributed by atoms with Crippen molar-refractivity contribution in [2.45, 2.75) is 46.7 Å². The summed E-state index contributed by atoms with van der Waals surface area (Å²) in [6.07, 6.45) is 1.45. The zero-order valence-corrected chi connectivity index (χ0v) is 12.7. The number of nitrogens with zero attached hydrogens (tertiary/aromatic N) is 2. The molecule has 6 heteroatoms. The van der Waals surface area contributed by atoms with E-state index in [1.54, 1.807) is 0 Å². The van der Waals surface area contributed by atoms with E-state index in [0.717, 1.165) is 30.9 Å². The average Bonchev–Trinajstić information content (AvgIpc) is 2.68. The van der Waals surface area contributed by atoms with Gasteiger partial charge in [-0.25, -0.2) is 0 Å². The van der Waals surface area contributed by atoms with E-state index in [2.05, 4.69) is 15.7 Å². The summed E-state index contributed by atoms with van der Waals surface area (Å²) >= 11 is 6.20. The Balaban J connectivity index is 2.35. The van der Waals surface area contributed by atoms with E-state index in [-0.39, 0.29) is 5.91 Å². The summed E-state index contributed by atoms with van der Waals surface area (Å²) in [6, 6.07) is 0. The molecule has 0 aliphatic carbocycles. The number of hydrogen-bond acceptors (Lipinski definition) is 3. The molecule has 0 aliphatic heterocycles. The number of carbonyl (C=O) groups excluding carboxylic acids is 1. The highest BCUT2D eigenvalue weighted by atomic mass is 35.5. The molecule has 0 spiro atoms. The predicted molar refractivity (Wildman–Crippen MR) is 77.3 cm³/mol. The summed E-state index contributed by atoms with van der Waals surface area (Å²) in [5.74, 6) is 0.0839. The molecule has 5 nitrogen and oxygen atoms in total. The van der Waals surface area contributed by atoms with Gasteiger partial charge in [-0.2, -0.15) is 5.10 Å². The van der Waals surface area contributed by atoms with Crippen LogP contribution in [0.1, 0.15) is 38.1 Å². The molecule has 1 aromatic heterocycles. The van der Waals surface area contributed by atoms with Crippen LogP contribution < -0.4 is 10.6 Å². The third-order valence-electron chi connectivity index (χ3n) is 2.85. The number of amides is 1. The van der Waals surface area contributed by atoms with E-state index in [1.165, 1.54) is 0 Å². The van der Waals surface area contributed by atoms with Gasteiger partial charge < -0.3 is 10.6 Å². The van der Waals surface area contributed by atoms with Crippen LogP contribution in [0.3, 0.4) is 0 Å². The highest BCUT2D eigenvalue weighted by Gasteiger charge is 2.11. The molecule has 1 aromatic rings. The van der Waals surface area contributed by atoms with Gasteiger partial charge >= 0.3 is 0 Å². The molecule has 1 heterocycles. The van der Waals surface area contributed by atoms with Gasteiger partial charge in [0.1, 0.15) is 0 Å². The first-order chi connectivity index (χ1) is 9.10. The average molecular weight is 287 g/mol. The quantitative estimate of drug-likeness (QED) is 0.717. The van der Waals surface area contributed by atoms with Crippen LogP contribution in [0.25, 0.3) is 0 Å². The van der Waals surface area contributed by atoms with Crippen LogP contribution in [-0.4, -0.2) is 28.8 Å². The molecule has 0 fully saturated rings. The number of nitrogens with one attached hydrogen (secondary N) is 2. The SMILES string of the molecule is CCCNC(=O)CCNCc1c(Cl)c(C)nn1CC. The molecule has 2 N–H and O–H groups in total. The molecule has 19 heavy (non-hydrogen) atoms.